The lowest BCUT2D eigenvalue weighted by Gasteiger charge is -2.23. The zero-order chi connectivity index (χ0) is 12.1. The maximum Gasteiger partial charge on any atom is 0.220 e. The van der Waals surface area contributed by atoms with Crippen LogP contribution in [0.1, 0.15) is 38.5 Å². The van der Waals surface area contributed by atoms with Crippen LogP contribution in [0.25, 0.3) is 0 Å². The summed E-state index contributed by atoms with van der Waals surface area (Å²) in [5, 5.41) is 7.32. The summed E-state index contributed by atoms with van der Waals surface area (Å²) in [5.41, 5.74) is 0. The average molecular weight is 256 g/mol. The Morgan fingerprint density at radius 2 is 2.06 bits per heavy atom. The number of nitrogens with one attached hydrogen (secondary N) is 2. The number of carbonyl (C=O) groups excluding carboxylic acids is 1. The van der Waals surface area contributed by atoms with E-state index >= 15 is 0 Å². The van der Waals surface area contributed by atoms with Gasteiger partial charge in [0.25, 0.3) is 0 Å². The van der Waals surface area contributed by atoms with E-state index in [0.29, 0.717) is 12.0 Å². The molecule has 0 spiro atoms. The van der Waals surface area contributed by atoms with Crippen molar-refractivity contribution in [3.05, 3.63) is 0 Å². The van der Waals surface area contributed by atoms with Crippen LogP contribution in [-0.2, 0) is 4.79 Å². The van der Waals surface area contributed by atoms with Crippen molar-refractivity contribution >= 4 is 17.7 Å². The van der Waals surface area contributed by atoms with Crippen molar-refractivity contribution in [2.75, 3.05) is 19.3 Å². The number of piperidine rings is 1. The van der Waals surface area contributed by atoms with Gasteiger partial charge in [-0.25, -0.2) is 0 Å². The third kappa shape index (κ3) is 4.18. The van der Waals surface area contributed by atoms with Crippen LogP contribution in [0.15, 0.2) is 0 Å². The minimum Gasteiger partial charge on any atom is -0.353 e. The number of thioether (sulfide) groups is 1. The third-order valence-electron chi connectivity index (χ3n) is 4.02. The molecule has 1 amide bonds. The van der Waals surface area contributed by atoms with E-state index in [0.717, 1.165) is 37.6 Å². The van der Waals surface area contributed by atoms with Crippen molar-refractivity contribution < 1.29 is 4.79 Å². The summed E-state index contributed by atoms with van der Waals surface area (Å²) in [6, 6.07) is 0.446. The number of amides is 1. The molecule has 2 N–H and O–H groups in total. The minimum absolute atomic E-state index is 0.281. The van der Waals surface area contributed by atoms with E-state index in [2.05, 4.69) is 16.9 Å². The Bertz CT molecular complexity index is 254. The van der Waals surface area contributed by atoms with Gasteiger partial charge in [-0.2, -0.15) is 11.8 Å². The minimum atomic E-state index is 0.281. The highest BCUT2D eigenvalue weighted by Gasteiger charge is 2.26. The van der Waals surface area contributed by atoms with Crippen LogP contribution in [-0.4, -0.2) is 36.5 Å². The zero-order valence-corrected chi connectivity index (χ0v) is 11.5. The monoisotopic (exact) mass is 256 g/mol. The van der Waals surface area contributed by atoms with E-state index in [-0.39, 0.29) is 5.91 Å². The first-order chi connectivity index (χ1) is 8.28. The van der Waals surface area contributed by atoms with Gasteiger partial charge in [0.2, 0.25) is 5.91 Å². The van der Waals surface area contributed by atoms with Gasteiger partial charge in [0.15, 0.2) is 0 Å². The summed E-state index contributed by atoms with van der Waals surface area (Å²) in [4.78, 5) is 11.9. The molecule has 1 saturated carbocycles. The Labute approximate surface area is 108 Å². The molecular formula is C13H24N2OS. The summed E-state index contributed by atoms with van der Waals surface area (Å²) in [5.74, 6) is 0.887. The molecule has 1 saturated heterocycles. The van der Waals surface area contributed by atoms with Crippen molar-refractivity contribution in [1.29, 1.82) is 0 Å². The summed E-state index contributed by atoms with van der Waals surface area (Å²) in [6.45, 7) is 2.16. The lowest BCUT2D eigenvalue weighted by molar-refractivity contribution is -0.122. The Hall–Kier alpha value is -0.220. The molecule has 0 radical (unpaired) electrons. The quantitative estimate of drug-likeness (QED) is 0.805. The molecule has 1 heterocycles. The molecule has 0 aromatic heterocycles. The second kappa shape index (κ2) is 6.64. The van der Waals surface area contributed by atoms with Crippen LogP contribution in [0, 0.1) is 5.92 Å². The fraction of sp³-hybridized carbons (Fsp3) is 0.923. The predicted octanol–water partition coefficient (Wildman–Crippen LogP) is 1.78. The van der Waals surface area contributed by atoms with Crippen LogP contribution in [0.4, 0.5) is 0 Å². The molecule has 98 valence electrons. The molecule has 1 aliphatic carbocycles. The molecule has 2 aliphatic rings. The average Bonchev–Trinajstić information content (AvgIpc) is 2.78. The van der Waals surface area contributed by atoms with Crippen LogP contribution in [0.2, 0.25) is 0 Å². The molecule has 1 aliphatic heterocycles. The Morgan fingerprint density at radius 1 is 1.29 bits per heavy atom. The molecule has 0 aromatic carbocycles. The maximum atomic E-state index is 11.9. The van der Waals surface area contributed by atoms with E-state index in [1.54, 1.807) is 0 Å². The summed E-state index contributed by atoms with van der Waals surface area (Å²) in [6.07, 6.45) is 8.82. The molecule has 4 heteroatoms. The van der Waals surface area contributed by atoms with Crippen molar-refractivity contribution in [2.24, 2.45) is 5.92 Å². The van der Waals surface area contributed by atoms with Gasteiger partial charge in [-0.05, 0) is 57.4 Å². The van der Waals surface area contributed by atoms with Gasteiger partial charge in [-0.15, -0.1) is 0 Å². The standard InChI is InChI=1S/C13H24N2OS/c1-17-12-3-2-11(9-12)15-13(16)8-10-4-6-14-7-5-10/h10-12,14H,2-9H2,1H3,(H,15,16). The second-order valence-electron chi connectivity index (χ2n) is 5.33. The fourth-order valence-electron chi connectivity index (χ4n) is 2.92. The summed E-state index contributed by atoms with van der Waals surface area (Å²) < 4.78 is 0. The molecule has 0 bridgehead atoms. The van der Waals surface area contributed by atoms with Gasteiger partial charge in [0, 0.05) is 17.7 Å². The summed E-state index contributed by atoms with van der Waals surface area (Å²) >= 11 is 1.94. The Morgan fingerprint density at radius 3 is 2.71 bits per heavy atom. The summed E-state index contributed by atoms with van der Waals surface area (Å²) in [7, 11) is 0. The number of hydrogen-bond acceptors (Lipinski definition) is 3. The molecule has 0 aromatic rings. The van der Waals surface area contributed by atoms with E-state index in [1.807, 2.05) is 11.8 Å². The van der Waals surface area contributed by atoms with E-state index in [4.69, 9.17) is 0 Å². The van der Waals surface area contributed by atoms with Crippen molar-refractivity contribution in [1.82, 2.24) is 10.6 Å². The highest BCUT2D eigenvalue weighted by Crippen LogP contribution is 2.28. The molecular weight excluding hydrogens is 232 g/mol. The van der Waals surface area contributed by atoms with E-state index < -0.39 is 0 Å². The third-order valence-corrected chi connectivity index (χ3v) is 5.11. The fourth-order valence-corrected chi connectivity index (χ4v) is 3.72. The van der Waals surface area contributed by atoms with Crippen molar-refractivity contribution in [3.63, 3.8) is 0 Å². The smallest absolute Gasteiger partial charge is 0.220 e. The maximum absolute atomic E-state index is 11.9. The van der Waals surface area contributed by atoms with Gasteiger partial charge >= 0.3 is 0 Å². The topological polar surface area (TPSA) is 41.1 Å². The molecule has 2 unspecified atom stereocenters. The SMILES string of the molecule is CSC1CCC(NC(=O)CC2CCNCC2)C1. The first-order valence-electron chi connectivity index (χ1n) is 6.81. The zero-order valence-electron chi connectivity index (χ0n) is 10.7. The van der Waals surface area contributed by atoms with Crippen molar-refractivity contribution in [3.8, 4) is 0 Å². The first kappa shape index (κ1) is 13.2. The lowest BCUT2D eigenvalue weighted by Crippen LogP contribution is -2.36. The highest BCUT2D eigenvalue weighted by molar-refractivity contribution is 7.99. The van der Waals surface area contributed by atoms with Gasteiger partial charge in [-0.1, -0.05) is 0 Å². The van der Waals surface area contributed by atoms with Crippen molar-refractivity contribution in [2.45, 2.75) is 49.8 Å². The largest absolute Gasteiger partial charge is 0.353 e. The molecule has 2 atom stereocenters. The lowest BCUT2D eigenvalue weighted by atomic mass is 9.94. The van der Waals surface area contributed by atoms with Gasteiger partial charge in [0.1, 0.15) is 0 Å². The molecule has 2 fully saturated rings. The predicted molar refractivity (Wildman–Crippen MR) is 73.3 cm³/mol. The second-order valence-corrected chi connectivity index (χ2v) is 6.47. The van der Waals surface area contributed by atoms with Crippen LogP contribution < -0.4 is 10.6 Å². The van der Waals surface area contributed by atoms with Crippen LogP contribution >= 0.6 is 11.8 Å². The normalized spacial score (nSPS) is 30.4. The first-order valence-corrected chi connectivity index (χ1v) is 8.09. The van der Waals surface area contributed by atoms with E-state index in [9.17, 15) is 4.79 Å². The molecule has 3 nitrogen and oxygen atoms in total. The molecule has 17 heavy (non-hydrogen) atoms. The van der Waals surface area contributed by atoms with Gasteiger partial charge in [-0.3, -0.25) is 4.79 Å². The van der Waals surface area contributed by atoms with Gasteiger partial charge in [0.05, 0.1) is 0 Å². The van der Waals surface area contributed by atoms with Crippen LogP contribution in [0.3, 0.4) is 0 Å². The highest BCUT2D eigenvalue weighted by atomic mass is 32.2. The molecule has 2 rings (SSSR count). The Balaban J connectivity index is 1.66. The number of hydrogen-bond donors (Lipinski definition) is 2. The van der Waals surface area contributed by atoms with Crippen LogP contribution in [0.5, 0.6) is 0 Å². The number of rotatable bonds is 4. The van der Waals surface area contributed by atoms with Gasteiger partial charge < -0.3 is 10.6 Å². The number of carbonyl (C=O) groups is 1. The van der Waals surface area contributed by atoms with E-state index in [1.165, 1.54) is 19.3 Å². The Kier molecular flexibility index (Phi) is 5.16.